The Morgan fingerprint density at radius 2 is 1.10 bits per heavy atom. The van der Waals surface area contributed by atoms with Gasteiger partial charge < -0.3 is 14.6 Å². The van der Waals surface area contributed by atoms with Crippen LogP contribution in [0.5, 0.6) is 23.0 Å². The minimum Gasteiger partial charge on any atom is -0.478 e. The van der Waals surface area contributed by atoms with Gasteiger partial charge in [-0.15, -0.1) is 0 Å². The third-order valence-electron chi connectivity index (χ3n) is 4.36. The van der Waals surface area contributed by atoms with Crippen LogP contribution >= 0.6 is 0 Å². The van der Waals surface area contributed by atoms with Crippen molar-refractivity contribution in [1.82, 2.24) is 0 Å². The normalized spacial score (nSPS) is 10.3. The molecule has 0 aromatic heterocycles. The van der Waals surface area contributed by atoms with Gasteiger partial charge in [-0.25, -0.2) is 4.79 Å². The second-order valence-electron chi connectivity index (χ2n) is 6.37. The molecule has 0 spiro atoms. The third-order valence-corrected chi connectivity index (χ3v) is 4.36. The molecule has 0 atom stereocenters. The molecule has 29 heavy (non-hydrogen) atoms. The molecule has 4 nitrogen and oxygen atoms in total. The van der Waals surface area contributed by atoms with E-state index in [9.17, 15) is 4.79 Å². The van der Waals surface area contributed by atoms with Gasteiger partial charge in [0.1, 0.15) is 23.0 Å². The molecule has 0 saturated heterocycles. The van der Waals surface area contributed by atoms with Gasteiger partial charge in [0.15, 0.2) is 0 Å². The van der Waals surface area contributed by atoms with Gasteiger partial charge in [-0.1, -0.05) is 48.5 Å². The Hall–Kier alpha value is -4.05. The summed E-state index contributed by atoms with van der Waals surface area (Å²) in [7, 11) is 0. The van der Waals surface area contributed by atoms with Crippen LogP contribution in [0.4, 0.5) is 0 Å². The lowest BCUT2D eigenvalue weighted by molar-refractivity contribution is 0.0697. The standard InChI is InChI=1S/C25H18O4/c26-25(27)19-10-12-20(13-11-19)28-21-14-16-22(17-15-21)29-24-9-5-4-8-23(24)18-6-2-1-3-7-18/h1-17H,(H,26,27). The van der Waals surface area contributed by atoms with Crippen molar-refractivity contribution in [2.24, 2.45) is 0 Å². The molecule has 4 heteroatoms. The highest BCUT2D eigenvalue weighted by Gasteiger charge is 2.07. The van der Waals surface area contributed by atoms with E-state index in [-0.39, 0.29) is 5.56 Å². The van der Waals surface area contributed by atoms with Gasteiger partial charge in [0, 0.05) is 5.56 Å². The van der Waals surface area contributed by atoms with Gasteiger partial charge in [-0.3, -0.25) is 0 Å². The lowest BCUT2D eigenvalue weighted by Crippen LogP contribution is -1.95. The van der Waals surface area contributed by atoms with E-state index in [4.69, 9.17) is 14.6 Å². The predicted molar refractivity (Wildman–Crippen MR) is 112 cm³/mol. The summed E-state index contributed by atoms with van der Waals surface area (Å²) >= 11 is 0. The third kappa shape index (κ3) is 4.45. The van der Waals surface area contributed by atoms with Crippen LogP contribution in [0, 0.1) is 0 Å². The number of benzene rings is 4. The molecule has 0 radical (unpaired) electrons. The maximum absolute atomic E-state index is 10.9. The van der Waals surface area contributed by atoms with E-state index in [1.54, 1.807) is 12.1 Å². The SMILES string of the molecule is O=C(O)c1ccc(Oc2ccc(Oc3ccccc3-c3ccccc3)cc2)cc1. The van der Waals surface area contributed by atoms with E-state index in [0.717, 1.165) is 16.9 Å². The first-order valence-electron chi connectivity index (χ1n) is 9.12. The van der Waals surface area contributed by atoms with Crippen LogP contribution in [0.1, 0.15) is 10.4 Å². The zero-order valence-corrected chi connectivity index (χ0v) is 15.5. The van der Waals surface area contributed by atoms with Gasteiger partial charge in [0.2, 0.25) is 0 Å². The first-order chi connectivity index (χ1) is 14.2. The van der Waals surface area contributed by atoms with Crippen molar-refractivity contribution < 1.29 is 19.4 Å². The highest BCUT2D eigenvalue weighted by Crippen LogP contribution is 2.34. The van der Waals surface area contributed by atoms with E-state index in [1.807, 2.05) is 66.7 Å². The monoisotopic (exact) mass is 382 g/mol. The number of carbonyl (C=O) groups is 1. The Morgan fingerprint density at radius 3 is 1.72 bits per heavy atom. The molecule has 0 fully saturated rings. The van der Waals surface area contributed by atoms with Gasteiger partial charge in [-0.05, 0) is 60.2 Å². The van der Waals surface area contributed by atoms with Crippen LogP contribution < -0.4 is 9.47 Å². The van der Waals surface area contributed by atoms with E-state index >= 15 is 0 Å². The van der Waals surface area contributed by atoms with Crippen molar-refractivity contribution >= 4 is 5.97 Å². The van der Waals surface area contributed by atoms with Gasteiger partial charge in [-0.2, -0.15) is 0 Å². The largest absolute Gasteiger partial charge is 0.478 e. The first-order valence-corrected chi connectivity index (χ1v) is 9.12. The Labute approximate surface area is 168 Å². The minimum atomic E-state index is -0.964. The summed E-state index contributed by atoms with van der Waals surface area (Å²) < 4.78 is 11.9. The molecule has 1 N–H and O–H groups in total. The number of hydrogen-bond donors (Lipinski definition) is 1. The van der Waals surface area contributed by atoms with Crippen LogP contribution in [0.15, 0.2) is 103 Å². The van der Waals surface area contributed by atoms with Crippen molar-refractivity contribution in [2.45, 2.75) is 0 Å². The van der Waals surface area contributed by atoms with Crippen LogP contribution in [0.3, 0.4) is 0 Å². The van der Waals surface area contributed by atoms with Crippen LogP contribution in [-0.2, 0) is 0 Å². The molecular weight excluding hydrogens is 364 g/mol. The molecule has 0 heterocycles. The number of aromatic carboxylic acids is 1. The second kappa shape index (κ2) is 8.31. The van der Waals surface area contributed by atoms with Gasteiger partial charge in [0.05, 0.1) is 5.56 Å². The molecular formula is C25H18O4. The van der Waals surface area contributed by atoms with Crippen molar-refractivity contribution in [3.63, 3.8) is 0 Å². The van der Waals surface area contributed by atoms with Crippen molar-refractivity contribution in [1.29, 1.82) is 0 Å². The minimum absolute atomic E-state index is 0.221. The summed E-state index contributed by atoms with van der Waals surface area (Å²) in [4.78, 5) is 10.9. The summed E-state index contributed by atoms with van der Waals surface area (Å²) in [6.45, 7) is 0. The average molecular weight is 382 g/mol. The molecule has 142 valence electrons. The van der Waals surface area contributed by atoms with Crippen molar-refractivity contribution in [2.75, 3.05) is 0 Å². The summed E-state index contributed by atoms with van der Waals surface area (Å²) in [6, 6.07) is 31.6. The topological polar surface area (TPSA) is 55.8 Å². The fraction of sp³-hybridized carbons (Fsp3) is 0. The number of hydrogen-bond acceptors (Lipinski definition) is 3. The average Bonchev–Trinajstić information content (AvgIpc) is 2.76. The van der Waals surface area contributed by atoms with Crippen LogP contribution in [0.2, 0.25) is 0 Å². The summed E-state index contributed by atoms with van der Waals surface area (Å²) in [5.41, 5.74) is 2.33. The van der Waals surface area contributed by atoms with Gasteiger partial charge in [0.25, 0.3) is 0 Å². The zero-order chi connectivity index (χ0) is 20.1. The predicted octanol–water partition coefficient (Wildman–Crippen LogP) is 6.64. The van der Waals surface area contributed by atoms with Gasteiger partial charge >= 0.3 is 5.97 Å². The first kappa shape index (κ1) is 18.3. The van der Waals surface area contributed by atoms with Crippen molar-refractivity contribution in [3.05, 3.63) is 109 Å². The number of rotatable bonds is 6. The zero-order valence-electron chi connectivity index (χ0n) is 15.5. The molecule has 0 aliphatic heterocycles. The van der Waals surface area contributed by atoms with Crippen LogP contribution in [-0.4, -0.2) is 11.1 Å². The Bertz CT molecular complexity index is 1100. The fourth-order valence-electron chi connectivity index (χ4n) is 2.92. The summed E-state index contributed by atoms with van der Waals surface area (Å²) in [5, 5.41) is 8.95. The van der Waals surface area contributed by atoms with E-state index in [2.05, 4.69) is 12.1 Å². The summed E-state index contributed by atoms with van der Waals surface area (Å²) in [5.74, 6) is 1.71. The smallest absolute Gasteiger partial charge is 0.335 e. The molecule has 0 saturated carbocycles. The Morgan fingerprint density at radius 1 is 0.586 bits per heavy atom. The van der Waals surface area contributed by atoms with E-state index in [1.165, 1.54) is 12.1 Å². The fourth-order valence-corrected chi connectivity index (χ4v) is 2.92. The Kier molecular flexibility index (Phi) is 5.25. The number of carboxylic acid groups (broad SMARTS) is 1. The molecule has 4 aromatic carbocycles. The molecule has 0 aliphatic rings. The molecule has 0 bridgehead atoms. The van der Waals surface area contributed by atoms with E-state index in [0.29, 0.717) is 17.2 Å². The Balaban J connectivity index is 1.49. The van der Waals surface area contributed by atoms with E-state index < -0.39 is 5.97 Å². The maximum Gasteiger partial charge on any atom is 0.335 e. The maximum atomic E-state index is 10.9. The van der Waals surface area contributed by atoms with Crippen LogP contribution in [0.25, 0.3) is 11.1 Å². The molecule has 0 amide bonds. The molecule has 4 rings (SSSR count). The second-order valence-corrected chi connectivity index (χ2v) is 6.37. The summed E-state index contributed by atoms with van der Waals surface area (Å²) in [6.07, 6.45) is 0. The number of carboxylic acids is 1. The van der Waals surface area contributed by atoms with Crippen molar-refractivity contribution in [3.8, 4) is 34.1 Å². The quantitative estimate of drug-likeness (QED) is 0.406. The number of ether oxygens (including phenoxy) is 2. The number of para-hydroxylation sites is 1. The molecule has 4 aromatic rings. The lowest BCUT2D eigenvalue weighted by atomic mass is 10.1. The molecule has 0 aliphatic carbocycles. The molecule has 0 unspecified atom stereocenters. The lowest BCUT2D eigenvalue weighted by Gasteiger charge is -2.12. The highest BCUT2D eigenvalue weighted by molar-refractivity contribution is 5.87. The highest BCUT2D eigenvalue weighted by atomic mass is 16.5.